The zero-order chi connectivity index (χ0) is 16.5. The Morgan fingerprint density at radius 2 is 1.48 bits per heavy atom. The minimum atomic E-state index is 0.189. The predicted octanol–water partition coefficient (Wildman–Crippen LogP) is 3.55. The lowest BCUT2D eigenvalue weighted by molar-refractivity contribution is -0.890. The van der Waals surface area contributed by atoms with Crippen LogP contribution < -0.4 is 4.74 Å². The molecule has 0 bridgehead atoms. The SMILES string of the molecule is C[N+](C)(CCO)CCOc1ccc(N=Nc2ccccc2)cc1. The summed E-state index contributed by atoms with van der Waals surface area (Å²) in [5.74, 6) is 0.813. The molecule has 0 heterocycles. The quantitative estimate of drug-likeness (QED) is 0.598. The number of nitrogens with zero attached hydrogens (tertiary/aromatic N) is 3. The number of quaternary nitrogens is 1. The third-order valence-electron chi connectivity index (χ3n) is 3.54. The van der Waals surface area contributed by atoms with E-state index in [9.17, 15) is 0 Å². The summed E-state index contributed by atoms with van der Waals surface area (Å²) in [5, 5.41) is 17.4. The van der Waals surface area contributed by atoms with Crippen molar-refractivity contribution in [2.24, 2.45) is 10.2 Å². The summed E-state index contributed by atoms with van der Waals surface area (Å²) >= 11 is 0. The Bertz CT molecular complexity index is 610. The number of ether oxygens (including phenoxy) is 1. The molecule has 0 aliphatic rings. The largest absolute Gasteiger partial charge is 0.488 e. The van der Waals surface area contributed by atoms with Crippen molar-refractivity contribution in [3.63, 3.8) is 0 Å². The molecule has 0 aliphatic carbocycles. The standard InChI is InChI=1S/C18H24N3O2/c1-21(2,12-14-22)13-15-23-18-10-8-17(9-11-18)20-19-16-6-4-3-5-7-16/h3-11,22H,12-15H2,1-2H3/q+1. The highest BCUT2D eigenvalue weighted by Gasteiger charge is 2.13. The van der Waals surface area contributed by atoms with Crippen molar-refractivity contribution < 1.29 is 14.3 Å². The van der Waals surface area contributed by atoms with Gasteiger partial charge in [-0.1, -0.05) is 18.2 Å². The molecular weight excluding hydrogens is 290 g/mol. The van der Waals surface area contributed by atoms with Crippen LogP contribution in [0.2, 0.25) is 0 Å². The Balaban J connectivity index is 1.84. The lowest BCUT2D eigenvalue weighted by Crippen LogP contribution is -2.44. The van der Waals surface area contributed by atoms with E-state index in [-0.39, 0.29) is 6.61 Å². The summed E-state index contributed by atoms with van der Waals surface area (Å²) in [6, 6.07) is 17.2. The molecule has 0 radical (unpaired) electrons. The number of azo groups is 1. The van der Waals surface area contributed by atoms with E-state index in [0.29, 0.717) is 6.61 Å². The summed E-state index contributed by atoms with van der Waals surface area (Å²) in [7, 11) is 4.15. The van der Waals surface area contributed by atoms with Crippen LogP contribution in [0.4, 0.5) is 11.4 Å². The summed E-state index contributed by atoms with van der Waals surface area (Å²) < 4.78 is 6.47. The van der Waals surface area contributed by atoms with Crippen molar-refractivity contribution in [1.82, 2.24) is 0 Å². The minimum Gasteiger partial charge on any atom is -0.488 e. The molecular formula is C18H24N3O2+. The van der Waals surface area contributed by atoms with Crippen LogP contribution in [0.5, 0.6) is 5.75 Å². The van der Waals surface area contributed by atoms with E-state index < -0.39 is 0 Å². The van der Waals surface area contributed by atoms with E-state index in [2.05, 4.69) is 24.3 Å². The molecule has 0 saturated heterocycles. The Hall–Kier alpha value is -2.24. The number of aliphatic hydroxyl groups is 1. The molecule has 2 rings (SSSR count). The van der Waals surface area contributed by atoms with E-state index in [4.69, 9.17) is 9.84 Å². The fourth-order valence-electron chi connectivity index (χ4n) is 2.01. The van der Waals surface area contributed by atoms with E-state index in [1.54, 1.807) is 0 Å². The number of hydrogen-bond donors (Lipinski definition) is 1. The molecule has 5 heteroatoms. The molecule has 0 spiro atoms. The first-order valence-electron chi connectivity index (χ1n) is 7.72. The average molecular weight is 314 g/mol. The van der Waals surface area contributed by atoms with Crippen molar-refractivity contribution in [2.45, 2.75) is 0 Å². The van der Waals surface area contributed by atoms with Crippen LogP contribution in [-0.4, -0.2) is 50.0 Å². The van der Waals surface area contributed by atoms with Crippen molar-refractivity contribution in [3.8, 4) is 5.75 Å². The first kappa shape index (κ1) is 17.1. The molecule has 0 aromatic heterocycles. The van der Waals surface area contributed by atoms with Crippen LogP contribution in [0.1, 0.15) is 0 Å². The van der Waals surface area contributed by atoms with Gasteiger partial charge in [0, 0.05) is 0 Å². The van der Waals surface area contributed by atoms with Gasteiger partial charge in [0.05, 0.1) is 32.1 Å². The summed E-state index contributed by atoms with van der Waals surface area (Å²) in [6.07, 6.45) is 0. The molecule has 0 saturated carbocycles. The van der Waals surface area contributed by atoms with Crippen LogP contribution in [-0.2, 0) is 0 Å². The molecule has 0 aliphatic heterocycles. The van der Waals surface area contributed by atoms with Gasteiger partial charge in [-0.3, -0.25) is 0 Å². The van der Waals surface area contributed by atoms with Gasteiger partial charge in [0.25, 0.3) is 0 Å². The summed E-state index contributed by atoms with van der Waals surface area (Å²) in [5.41, 5.74) is 1.62. The number of rotatable bonds is 8. The normalized spacial score (nSPS) is 11.8. The van der Waals surface area contributed by atoms with E-state index in [0.717, 1.165) is 34.7 Å². The van der Waals surface area contributed by atoms with Gasteiger partial charge in [0.1, 0.15) is 25.4 Å². The highest BCUT2D eigenvalue weighted by molar-refractivity contribution is 5.42. The maximum Gasteiger partial charge on any atom is 0.137 e. The monoisotopic (exact) mass is 314 g/mol. The zero-order valence-corrected chi connectivity index (χ0v) is 13.7. The van der Waals surface area contributed by atoms with Crippen molar-refractivity contribution in [3.05, 3.63) is 54.6 Å². The summed E-state index contributed by atoms with van der Waals surface area (Å²) in [4.78, 5) is 0. The van der Waals surface area contributed by atoms with Crippen LogP contribution in [0.25, 0.3) is 0 Å². The fourth-order valence-corrected chi connectivity index (χ4v) is 2.01. The van der Waals surface area contributed by atoms with Gasteiger partial charge in [-0.15, -0.1) is 0 Å². The highest BCUT2D eigenvalue weighted by Crippen LogP contribution is 2.21. The Kier molecular flexibility index (Phi) is 6.26. The molecule has 0 fully saturated rings. The topological polar surface area (TPSA) is 54.2 Å². The molecule has 5 nitrogen and oxygen atoms in total. The van der Waals surface area contributed by atoms with E-state index >= 15 is 0 Å². The smallest absolute Gasteiger partial charge is 0.137 e. The Morgan fingerprint density at radius 3 is 2.09 bits per heavy atom. The molecule has 0 amide bonds. The molecule has 0 unspecified atom stereocenters. The Morgan fingerprint density at radius 1 is 0.870 bits per heavy atom. The van der Waals surface area contributed by atoms with Gasteiger partial charge in [-0.05, 0) is 36.4 Å². The number of hydrogen-bond acceptors (Lipinski definition) is 4. The van der Waals surface area contributed by atoms with Crippen LogP contribution >= 0.6 is 0 Å². The van der Waals surface area contributed by atoms with Gasteiger partial charge >= 0.3 is 0 Å². The average Bonchev–Trinajstić information content (AvgIpc) is 2.55. The maximum atomic E-state index is 9.01. The van der Waals surface area contributed by atoms with Gasteiger partial charge in [0.2, 0.25) is 0 Å². The number of aliphatic hydroxyl groups excluding tert-OH is 1. The predicted molar refractivity (Wildman–Crippen MR) is 91.5 cm³/mol. The third kappa shape index (κ3) is 6.18. The molecule has 2 aromatic rings. The van der Waals surface area contributed by atoms with Crippen LogP contribution in [0, 0.1) is 0 Å². The molecule has 1 N–H and O–H groups in total. The molecule has 122 valence electrons. The van der Waals surface area contributed by atoms with Crippen LogP contribution in [0.15, 0.2) is 64.8 Å². The van der Waals surface area contributed by atoms with Crippen molar-refractivity contribution in [2.75, 3.05) is 40.4 Å². The molecule has 2 aromatic carbocycles. The minimum absolute atomic E-state index is 0.189. The molecule has 23 heavy (non-hydrogen) atoms. The van der Waals surface area contributed by atoms with Crippen molar-refractivity contribution >= 4 is 11.4 Å². The zero-order valence-electron chi connectivity index (χ0n) is 13.7. The van der Waals surface area contributed by atoms with Gasteiger partial charge in [0.15, 0.2) is 0 Å². The van der Waals surface area contributed by atoms with Crippen LogP contribution in [0.3, 0.4) is 0 Å². The second-order valence-corrected chi connectivity index (χ2v) is 5.98. The lowest BCUT2D eigenvalue weighted by Gasteiger charge is -2.28. The lowest BCUT2D eigenvalue weighted by atomic mass is 10.3. The maximum absolute atomic E-state index is 9.01. The van der Waals surface area contributed by atoms with E-state index in [1.165, 1.54) is 0 Å². The Labute approximate surface area is 137 Å². The second-order valence-electron chi connectivity index (χ2n) is 5.98. The van der Waals surface area contributed by atoms with Crippen molar-refractivity contribution in [1.29, 1.82) is 0 Å². The van der Waals surface area contributed by atoms with Gasteiger partial charge in [-0.2, -0.15) is 10.2 Å². The molecule has 0 atom stereocenters. The van der Waals surface area contributed by atoms with Gasteiger partial charge in [-0.25, -0.2) is 0 Å². The highest BCUT2D eigenvalue weighted by atomic mass is 16.5. The third-order valence-corrected chi connectivity index (χ3v) is 3.54. The number of likely N-dealkylation sites (N-methyl/N-ethyl adjacent to an activating group) is 1. The first-order valence-corrected chi connectivity index (χ1v) is 7.72. The first-order chi connectivity index (χ1) is 11.1. The van der Waals surface area contributed by atoms with Gasteiger partial charge < -0.3 is 14.3 Å². The second kappa shape index (κ2) is 8.41. The van der Waals surface area contributed by atoms with E-state index in [1.807, 2.05) is 54.6 Å². The number of benzene rings is 2. The fraction of sp³-hybridized carbons (Fsp3) is 0.333. The summed E-state index contributed by atoms with van der Waals surface area (Å²) in [6.45, 7) is 2.37.